The number of carbonyl (C=O) groups is 1. The lowest BCUT2D eigenvalue weighted by Gasteiger charge is -2.18. The van der Waals surface area contributed by atoms with Gasteiger partial charge in [0.1, 0.15) is 0 Å². The van der Waals surface area contributed by atoms with Gasteiger partial charge in [-0.3, -0.25) is 4.79 Å². The fourth-order valence-electron chi connectivity index (χ4n) is 2.76. The van der Waals surface area contributed by atoms with E-state index < -0.39 is 0 Å². The Balaban J connectivity index is 1.99. The first-order valence-electron chi connectivity index (χ1n) is 7.82. The summed E-state index contributed by atoms with van der Waals surface area (Å²) < 4.78 is 0. The summed E-state index contributed by atoms with van der Waals surface area (Å²) in [5, 5.41) is 6.52. The van der Waals surface area contributed by atoms with Gasteiger partial charge in [-0.05, 0) is 44.9 Å². The van der Waals surface area contributed by atoms with Crippen molar-refractivity contribution in [2.24, 2.45) is 0 Å². The number of hydrogen-bond donors (Lipinski definition) is 2. The van der Waals surface area contributed by atoms with Crippen molar-refractivity contribution in [3.63, 3.8) is 0 Å². The lowest BCUT2D eigenvalue weighted by molar-refractivity contribution is 0.0943. The van der Waals surface area contributed by atoms with Crippen molar-refractivity contribution < 1.29 is 4.79 Å². The summed E-state index contributed by atoms with van der Waals surface area (Å²) in [6, 6.07) is 8.56. The maximum atomic E-state index is 12.0. The SMILES string of the molecule is CC(C)NC(=O)c1cccc(NC2CCCCCC2)c1. The average Bonchev–Trinajstić information content (AvgIpc) is 2.67. The summed E-state index contributed by atoms with van der Waals surface area (Å²) in [5.74, 6) is 0.00418. The van der Waals surface area contributed by atoms with E-state index in [1.165, 1.54) is 38.5 Å². The van der Waals surface area contributed by atoms with Crippen LogP contribution in [0.1, 0.15) is 62.7 Å². The van der Waals surface area contributed by atoms with Crippen molar-refractivity contribution in [1.82, 2.24) is 5.32 Å². The van der Waals surface area contributed by atoms with Crippen molar-refractivity contribution in [3.8, 4) is 0 Å². The molecule has 0 saturated heterocycles. The van der Waals surface area contributed by atoms with Crippen molar-refractivity contribution in [3.05, 3.63) is 29.8 Å². The van der Waals surface area contributed by atoms with Gasteiger partial charge in [-0.15, -0.1) is 0 Å². The minimum atomic E-state index is 0.00418. The van der Waals surface area contributed by atoms with Crippen molar-refractivity contribution in [1.29, 1.82) is 0 Å². The zero-order valence-corrected chi connectivity index (χ0v) is 12.6. The number of amides is 1. The number of nitrogens with one attached hydrogen (secondary N) is 2. The Kier molecular flexibility index (Phi) is 5.45. The highest BCUT2D eigenvalue weighted by molar-refractivity contribution is 5.95. The molecule has 1 saturated carbocycles. The third-order valence-electron chi connectivity index (χ3n) is 3.77. The smallest absolute Gasteiger partial charge is 0.251 e. The molecular formula is C17H26N2O. The largest absolute Gasteiger partial charge is 0.382 e. The number of rotatable bonds is 4. The van der Waals surface area contributed by atoms with Gasteiger partial charge in [-0.2, -0.15) is 0 Å². The van der Waals surface area contributed by atoms with Gasteiger partial charge >= 0.3 is 0 Å². The maximum Gasteiger partial charge on any atom is 0.251 e. The monoisotopic (exact) mass is 274 g/mol. The minimum Gasteiger partial charge on any atom is -0.382 e. The number of benzene rings is 1. The predicted octanol–water partition coefficient (Wildman–Crippen LogP) is 3.96. The molecule has 110 valence electrons. The van der Waals surface area contributed by atoms with Crippen LogP contribution >= 0.6 is 0 Å². The van der Waals surface area contributed by atoms with Gasteiger partial charge in [0, 0.05) is 23.3 Å². The highest BCUT2D eigenvalue weighted by atomic mass is 16.1. The molecule has 0 spiro atoms. The Labute approximate surface area is 122 Å². The van der Waals surface area contributed by atoms with E-state index in [-0.39, 0.29) is 11.9 Å². The van der Waals surface area contributed by atoms with Crippen molar-refractivity contribution in [2.45, 2.75) is 64.5 Å². The quantitative estimate of drug-likeness (QED) is 0.816. The molecule has 1 aromatic rings. The molecule has 2 rings (SSSR count). The molecule has 0 heterocycles. The van der Waals surface area contributed by atoms with Gasteiger partial charge < -0.3 is 10.6 Å². The normalized spacial score (nSPS) is 16.8. The number of hydrogen-bond acceptors (Lipinski definition) is 2. The fraction of sp³-hybridized carbons (Fsp3) is 0.588. The third kappa shape index (κ3) is 4.55. The molecule has 2 N–H and O–H groups in total. The third-order valence-corrected chi connectivity index (χ3v) is 3.77. The molecule has 0 aromatic heterocycles. The summed E-state index contributed by atoms with van der Waals surface area (Å²) in [7, 11) is 0. The van der Waals surface area contributed by atoms with E-state index >= 15 is 0 Å². The second kappa shape index (κ2) is 7.32. The maximum absolute atomic E-state index is 12.0. The van der Waals surface area contributed by atoms with Crippen molar-refractivity contribution in [2.75, 3.05) is 5.32 Å². The predicted molar refractivity (Wildman–Crippen MR) is 84.2 cm³/mol. The van der Waals surface area contributed by atoms with Crippen LogP contribution < -0.4 is 10.6 Å². The Hall–Kier alpha value is -1.51. The van der Waals surface area contributed by atoms with E-state index in [0.29, 0.717) is 6.04 Å². The van der Waals surface area contributed by atoms with Crippen LogP contribution in [-0.2, 0) is 0 Å². The Morgan fingerprint density at radius 3 is 2.50 bits per heavy atom. The molecule has 1 fully saturated rings. The molecule has 0 atom stereocenters. The second-order valence-electron chi connectivity index (χ2n) is 6.04. The zero-order valence-electron chi connectivity index (χ0n) is 12.6. The number of carbonyl (C=O) groups excluding carboxylic acids is 1. The van der Waals surface area contributed by atoms with Crippen LogP contribution in [-0.4, -0.2) is 18.0 Å². The molecule has 1 aromatic carbocycles. The zero-order chi connectivity index (χ0) is 14.4. The highest BCUT2D eigenvalue weighted by Gasteiger charge is 2.13. The first-order chi connectivity index (χ1) is 9.65. The standard InChI is InChI=1S/C17H26N2O/c1-13(2)18-17(20)14-8-7-11-16(12-14)19-15-9-5-3-4-6-10-15/h7-8,11-13,15,19H,3-6,9-10H2,1-2H3,(H,18,20). The lowest BCUT2D eigenvalue weighted by Crippen LogP contribution is -2.30. The van der Waals surface area contributed by atoms with E-state index in [1.54, 1.807) is 0 Å². The van der Waals surface area contributed by atoms with Crippen molar-refractivity contribution >= 4 is 11.6 Å². The van der Waals surface area contributed by atoms with Gasteiger partial charge in [0.2, 0.25) is 0 Å². The Morgan fingerprint density at radius 1 is 1.15 bits per heavy atom. The molecule has 20 heavy (non-hydrogen) atoms. The van der Waals surface area contributed by atoms with E-state index in [1.807, 2.05) is 32.0 Å². The first-order valence-corrected chi connectivity index (χ1v) is 7.82. The van der Waals surface area contributed by atoms with E-state index in [2.05, 4.69) is 16.7 Å². The average molecular weight is 274 g/mol. The van der Waals surface area contributed by atoms with Crippen LogP contribution in [0.25, 0.3) is 0 Å². The van der Waals surface area contributed by atoms with Gasteiger partial charge in [0.05, 0.1) is 0 Å². The van der Waals surface area contributed by atoms with Crippen LogP contribution in [0.2, 0.25) is 0 Å². The summed E-state index contributed by atoms with van der Waals surface area (Å²) in [4.78, 5) is 12.0. The van der Waals surface area contributed by atoms with Crippen LogP contribution in [0, 0.1) is 0 Å². The van der Waals surface area contributed by atoms with Gasteiger partial charge in [-0.1, -0.05) is 31.7 Å². The molecular weight excluding hydrogens is 248 g/mol. The van der Waals surface area contributed by atoms with E-state index in [4.69, 9.17) is 0 Å². The lowest BCUT2D eigenvalue weighted by atomic mass is 10.1. The van der Waals surface area contributed by atoms with Crippen LogP contribution in [0.5, 0.6) is 0 Å². The first kappa shape index (κ1) is 14.9. The molecule has 1 aliphatic carbocycles. The molecule has 0 bridgehead atoms. The minimum absolute atomic E-state index is 0.00418. The summed E-state index contributed by atoms with van der Waals surface area (Å²) >= 11 is 0. The molecule has 3 heteroatoms. The molecule has 3 nitrogen and oxygen atoms in total. The summed E-state index contributed by atoms with van der Waals surface area (Å²) in [6.07, 6.45) is 7.81. The van der Waals surface area contributed by atoms with Gasteiger partial charge in [0.25, 0.3) is 5.91 Å². The van der Waals surface area contributed by atoms with Gasteiger partial charge in [-0.25, -0.2) is 0 Å². The Bertz CT molecular complexity index is 434. The summed E-state index contributed by atoms with van der Waals surface area (Å²) in [6.45, 7) is 3.96. The Morgan fingerprint density at radius 2 is 1.85 bits per heavy atom. The van der Waals surface area contributed by atoms with E-state index in [9.17, 15) is 4.79 Å². The molecule has 0 radical (unpaired) electrons. The number of anilines is 1. The fourth-order valence-corrected chi connectivity index (χ4v) is 2.76. The molecule has 0 unspecified atom stereocenters. The second-order valence-corrected chi connectivity index (χ2v) is 6.04. The molecule has 1 amide bonds. The van der Waals surface area contributed by atoms with Gasteiger partial charge in [0.15, 0.2) is 0 Å². The van der Waals surface area contributed by atoms with E-state index in [0.717, 1.165) is 11.3 Å². The van der Waals surface area contributed by atoms with Crippen LogP contribution in [0.4, 0.5) is 5.69 Å². The van der Waals surface area contributed by atoms with Crippen LogP contribution in [0.15, 0.2) is 24.3 Å². The summed E-state index contributed by atoms with van der Waals surface area (Å²) in [5.41, 5.74) is 1.80. The highest BCUT2D eigenvalue weighted by Crippen LogP contribution is 2.21. The van der Waals surface area contributed by atoms with Crippen LogP contribution in [0.3, 0.4) is 0 Å². The molecule has 0 aliphatic heterocycles. The topological polar surface area (TPSA) is 41.1 Å². The molecule has 1 aliphatic rings.